The molecule has 4 nitrogen and oxygen atoms in total. The number of hydrogen-bond acceptors (Lipinski definition) is 3. The molecule has 0 fully saturated rings. The molecule has 6 heteroatoms. The van der Waals surface area contributed by atoms with E-state index >= 15 is 0 Å². The molecule has 0 aliphatic carbocycles. The molecule has 2 heterocycles. The number of nitrogens with zero attached hydrogens (tertiary/aromatic N) is 3. The topological polar surface area (TPSA) is 42.7 Å². The Balaban J connectivity index is 2.08. The van der Waals surface area contributed by atoms with Crippen molar-refractivity contribution in [1.82, 2.24) is 20.1 Å². The SMILES string of the molecule is CC(C)C1NCCn2c(-c3cc(F)cc(F)c3)nnc21. The van der Waals surface area contributed by atoms with E-state index in [-0.39, 0.29) is 6.04 Å². The first-order valence-corrected chi connectivity index (χ1v) is 6.69. The van der Waals surface area contributed by atoms with Crippen LogP contribution >= 0.6 is 0 Å². The van der Waals surface area contributed by atoms with E-state index in [4.69, 9.17) is 0 Å². The van der Waals surface area contributed by atoms with E-state index in [1.807, 2.05) is 4.57 Å². The molecule has 3 rings (SSSR count). The number of rotatable bonds is 2. The molecule has 0 amide bonds. The molecule has 1 aromatic carbocycles. The minimum atomic E-state index is -0.605. The summed E-state index contributed by atoms with van der Waals surface area (Å²) in [5.74, 6) is 0.505. The summed E-state index contributed by atoms with van der Waals surface area (Å²) >= 11 is 0. The quantitative estimate of drug-likeness (QED) is 0.918. The van der Waals surface area contributed by atoms with Crippen LogP contribution < -0.4 is 5.32 Å². The molecule has 1 aromatic heterocycles. The normalized spacial score (nSPS) is 18.4. The van der Waals surface area contributed by atoms with E-state index < -0.39 is 11.6 Å². The van der Waals surface area contributed by atoms with Gasteiger partial charge in [-0.2, -0.15) is 0 Å². The first kappa shape index (κ1) is 13.2. The first-order valence-electron chi connectivity index (χ1n) is 6.69. The van der Waals surface area contributed by atoms with Crippen molar-refractivity contribution in [2.24, 2.45) is 5.92 Å². The van der Waals surface area contributed by atoms with Crippen molar-refractivity contribution in [3.8, 4) is 11.4 Å². The molecule has 20 heavy (non-hydrogen) atoms. The summed E-state index contributed by atoms with van der Waals surface area (Å²) in [5, 5.41) is 11.7. The minimum absolute atomic E-state index is 0.114. The fraction of sp³-hybridized carbons (Fsp3) is 0.429. The second kappa shape index (κ2) is 4.94. The second-order valence-corrected chi connectivity index (χ2v) is 5.37. The van der Waals surface area contributed by atoms with E-state index in [0.29, 0.717) is 23.9 Å². The highest BCUT2D eigenvalue weighted by Crippen LogP contribution is 2.28. The summed E-state index contributed by atoms with van der Waals surface area (Å²) in [6.45, 7) is 5.69. The van der Waals surface area contributed by atoms with Crippen molar-refractivity contribution in [2.75, 3.05) is 6.54 Å². The van der Waals surface area contributed by atoms with Crippen LogP contribution in [0.15, 0.2) is 18.2 Å². The van der Waals surface area contributed by atoms with Crippen molar-refractivity contribution in [2.45, 2.75) is 26.4 Å². The van der Waals surface area contributed by atoms with Crippen molar-refractivity contribution >= 4 is 0 Å². The zero-order valence-corrected chi connectivity index (χ0v) is 11.4. The smallest absolute Gasteiger partial charge is 0.164 e. The molecule has 1 aliphatic heterocycles. The predicted molar refractivity (Wildman–Crippen MR) is 71.0 cm³/mol. The summed E-state index contributed by atoms with van der Waals surface area (Å²) < 4.78 is 28.6. The van der Waals surface area contributed by atoms with E-state index in [2.05, 4.69) is 29.4 Å². The lowest BCUT2D eigenvalue weighted by molar-refractivity contribution is 0.339. The van der Waals surface area contributed by atoms with Crippen LogP contribution in [0.2, 0.25) is 0 Å². The van der Waals surface area contributed by atoms with Gasteiger partial charge in [0.2, 0.25) is 0 Å². The fourth-order valence-electron chi connectivity index (χ4n) is 2.62. The Morgan fingerprint density at radius 3 is 2.55 bits per heavy atom. The lowest BCUT2D eigenvalue weighted by Gasteiger charge is -2.27. The predicted octanol–water partition coefficient (Wildman–Crippen LogP) is 2.52. The van der Waals surface area contributed by atoms with Crippen LogP contribution in [0.1, 0.15) is 25.7 Å². The molecular formula is C14H16F2N4. The van der Waals surface area contributed by atoms with Gasteiger partial charge < -0.3 is 9.88 Å². The summed E-state index contributed by atoms with van der Waals surface area (Å²) in [4.78, 5) is 0. The van der Waals surface area contributed by atoms with Gasteiger partial charge in [0.25, 0.3) is 0 Å². The van der Waals surface area contributed by atoms with Gasteiger partial charge in [0, 0.05) is 24.7 Å². The van der Waals surface area contributed by atoms with Gasteiger partial charge in [0.15, 0.2) is 11.6 Å². The maximum atomic E-state index is 13.3. The zero-order valence-electron chi connectivity index (χ0n) is 11.4. The van der Waals surface area contributed by atoms with Crippen LogP contribution in [0.4, 0.5) is 8.78 Å². The Labute approximate surface area is 115 Å². The lowest BCUT2D eigenvalue weighted by Crippen LogP contribution is -2.36. The van der Waals surface area contributed by atoms with Crippen LogP contribution in [0, 0.1) is 17.6 Å². The highest BCUT2D eigenvalue weighted by Gasteiger charge is 2.27. The molecule has 1 unspecified atom stereocenters. The molecule has 0 bridgehead atoms. The largest absolute Gasteiger partial charge is 0.308 e. The number of halogens is 2. The minimum Gasteiger partial charge on any atom is -0.308 e. The van der Waals surface area contributed by atoms with Gasteiger partial charge in [-0.3, -0.25) is 0 Å². The number of nitrogens with one attached hydrogen (secondary N) is 1. The molecule has 2 aromatic rings. The average Bonchev–Trinajstić information content (AvgIpc) is 2.80. The van der Waals surface area contributed by atoms with Crippen molar-refractivity contribution < 1.29 is 8.78 Å². The molecule has 0 saturated heterocycles. The summed E-state index contributed by atoms with van der Waals surface area (Å²) in [6.07, 6.45) is 0. The second-order valence-electron chi connectivity index (χ2n) is 5.37. The summed E-state index contributed by atoms with van der Waals surface area (Å²) in [6, 6.07) is 3.54. The van der Waals surface area contributed by atoms with Crippen molar-refractivity contribution in [3.63, 3.8) is 0 Å². The van der Waals surface area contributed by atoms with Crippen LogP contribution in [-0.4, -0.2) is 21.3 Å². The highest BCUT2D eigenvalue weighted by molar-refractivity contribution is 5.55. The first-order chi connectivity index (χ1) is 9.56. The number of hydrogen-bond donors (Lipinski definition) is 1. The Bertz CT molecular complexity index is 616. The Morgan fingerprint density at radius 1 is 1.20 bits per heavy atom. The van der Waals surface area contributed by atoms with Gasteiger partial charge in [-0.05, 0) is 18.1 Å². The zero-order chi connectivity index (χ0) is 14.3. The third kappa shape index (κ3) is 2.20. The lowest BCUT2D eigenvalue weighted by atomic mass is 10.0. The molecular weight excluding hydrogens is 262 g/mol. The molecule has 0 saturated carbocycles. The average molecular weight is 278 g/mol. The van der Waals surface area contributed by atoms with E-state index in [1.54, 1.807) is 0 Å². The molecule has 106 valence electrons. The monoisotopic (exact) mass is 278 g/mol. The summed E-state index contributed by atoms with van der Waals surface area (Å²) in [7, 11) is 0. The molecule has 0 radical (unpaired) electrons. The van der Waals surface area contributed by atoms with E-state index in [9.17, 15) is 8.78 Å². The van der Waals surface area contributed by atoms with E-state index in [0.717, 1.165) is 18.4 Å². The Morgan fingerprint density at radius 2 is 1.90 bits per heavy atom. The Hall–Kier alpha value is -1.82. The highest BCUT2D eigenvalue weighted by atomic mass is 19.1. The van der Waals surface area contributed by atoms with E-state index in [1.165, 1.54) is 12.1 Å². The van der Waals surface area contributed by atoms with Crippen LogP contribution in [0.25, 0.3) is 11.4 Å². The molecule has 0 spiro atoms. The number of aromatic nitrogens is 3. The molecule has 1 aliphatic rings. The van der Waals surface area contributed by atoms with Crippen LogP contribution in [0.5, 0.6) is 0 Å². The van der Waals surface area contributed by atoms with Gasteiger partial charge >= 0.3 is 0 Å². The Kier molecular flexibility index (Phi) is 3.25. The third-order valence-electron chi connectivity index (χ3n) is 3.54. The summed E-state index contributed by atoms with van der Waals surface area (Å²) in [5.41, 5.74) is 0.422. The number of benzene rings is 1. The van der Waals surface area contributed by atoms with Gasteiger partial charge in [0.05, 0.1) is 6.04 Å². The maximum absolute atomic E-state index is 13.3. The standard InChI is InChI=1S/C14H16F2N4/c1-8(2)12-14-19-18-13(20(14)4-3-17-12)9-5-10(15)7-11(16)6-9/h5-8,12,17H,3-4H2,1-2H3. The van der Waals surface area contributed by atoms with Gasteiger partial charge in [-0.25, -0.2) is 8.78 Å². The fourth-order valence-corrected chi connectivity index (χ4v) is 2.62. The third-order valence-corrected chi connectivity index (χ3v) is 3.54. The number of fused-ring (bicyclic) bond motifs is 1. The van der Waals surface area contributed by atoms with Crippen molar-refractivity contribution in [3.05, 3.63) is 35.7 Å². The maximum Gasteiger partial charge on any atom is 0.164 e. The molecule has 1 atom stereocenters. The van der Waals surface area contributed by atoms with Crippen molar-refractivity contribution in [1.29, 1.82) is 0 Å². The van der Waals surface area contributed by atoms with Gasteiger partial charge in [0.1, 0.15) is 11.6 Å². The van der Waals surface area contributed by atoms with Gasteiger partial charge in [-0.15, -0.1) is 10.2 Å². The van der Waals surface area contributed by atoms with Crippen LogP contribution in [0.3, 0.4) is 0 Å². The van der Waals surface area contributed by atoms with Crippen LogP contribution in [-0.2, 0) is 6.54 Å². The molecule has 1 N–H and O–H groups in total. The van der Waals surface area contributed by atoms with Gasteiger partial charge in [-0.1, -0.05) is 13.8 Å².